The van der Waals surface area contributed by atoms with Crippen molar-refractivity contribution in [2.24, 2.45) is 11.3 Å². The predicted octanol–water partition coefficient (Wildman–Crippen LogP) is 8.11. The molecule has 4 nitrogen and oxygen atoms in total. The molecular weight excluding hydrogens is 575 g/mol. The number of alkyl halides is 5. The van der Waals surface area contributed by atoms with Crippen molar-refractivity contribution in [3.05, 3.63) is 59.7 Å². The van der Waals surface area contributed by atoms with E-state index in [4.69, 9.17) is 4.74 Å². The smallest absolute Gasteiger partial charge is 0.453 e. The lowest BCUT2D eigenvalue weighted by atomic mass is 9.58. The molecule has 1 unspecified atom stereocenters. The van der Waals surface area contributed by atoms with Gasteiger partial charge >= 0.3 is 12.1 Å². The van der Waals surface area contributed by atoms with Gasteiger partial charge in [0.25, 0.3) is 0 Å². The van der Waals surface area contributed by atoms with E-state index in [0.29, 0.717) is 31.8 Å². The van der Waals surface area contributed by atoms with Gasteiger partial charge in [0.1, 0.15) is 11.5 Å². The highest BCUT2D eigenvalue weighted by atomic mass is 32.2. The zero-order valence-electron chi connectivity index (χ0n) is 23.9. The van der Waals surface area contributed by atoms with Crippen LogP contribution in [0.1, 0.15) is 87.7 Å². The molecule has 0 radical (unpaired) electrons. The van der Waals surface area contributed by atoms with Crippen LogP contribution >= 0.6 is 0 Å². The Morgan fingerprint density at radius 3 is 2.17 bits per heavy atom. The molecule has 0 spiro atoms. The minimum absolute atomic E-state index is 0.120. The molecule has 2 aromatic rings. The van der Waals surface area contributed by atoms with Crippen molar-refractivity contribution in [2.75, 3.05) is 18.1 Å². The predicted molar refractivity (Wildman–Crippen MR) is 154 cm³/mol. The second kappa shape index (κ2) is 13.6. The van der Waals surface area contributed by atoms with Crippen LogP contribution < -0.4 is 4.74 Å². The third-order valence-electron chi connectivity index (χ3n) is 9.36. The molecule has 2 N–H and O–H groups in total. The Labute approximate surface area is 247 Å². The van der Waals surface area contributed by atoms with Gasteiger partial charge in [-0.1, -0.05) is 31.2 Å². The van der Waals surface area contributed by atoms with Crippen molar-refractivity contribution < 1.29 is 41.1 Å². The number of aromatic hydroxyl groups is 1. The first-order valence-corrected chi connectivity index (χ1v) is 16.3. The molecule has 0 bridgehead atoms. The van der Waals surface area contributed by atoms with E-state index >= 15 is 0 Å². The second-order valence-electron chi connectivity index (χ2n) is 12.2. The fourth-order valence-corrected chi connectivity index (χ4v) is 7.95. The Bertz CT molecular complexity index is 1170. The van der Waals surface area contributed by atoms with Crippen molar-refractivity contribution in [1.29, 1.82) is 0 Å². The first kappa shape index (κ1) is 32.7. The molecule has 42 heavy (non-hydrogen) atoms. The van der Waals surface area contributed by atoms with Crippen LogP contribution in [0, 0.1) is 11.3 Å². The molecule has 2 saturated carbocycles. The maximum absolute atomic E-state index is 13.0. The number of phenols is 1. The number of hydrogen-bond acceptors (Lipinski definition) is 4. The van der Waals surface area contributed by atoms with E-state index in [-0.39, 0.29) is 40.6 Å². The third kappa shape index (κ3) is 7.84. The zero-order chi connectivity index (χ0) is 30.5. The van der Waals surface area contributed by atoms with E-state index in [1.54, 1.807) is 12.1 Å². The minimum atomic E-state index is -5.57. The van der Waals surface area contributed by atoms with Gasteiger partial charge in [0.2, 0.25) is 0 Å². The summed E-state index contributed by atoms with van der Waals surface area (Å²) in [5.74, 6) is -2.69. The fraction of sp³-hybridized carbons (Fsp3) is 0.625. The van der Waals surface area contributed by atoms with Gasteiger partial charge in [-0.15, -0.1) is 0 Å². The van der Waals surface area contributed by atoms with Crippen LogP contribution in [-0.2, 0) is 10.8 Å². The highest BCUT2D eigenvalue weighted by Gasteiger charge is 2.56. The van der Waals surface area contributed by atoms with E-state index in [2.05, 4.69) is 19.1 Å². The molecule has 2 aliphatic carbocycles. The van der Waals surface area contributed by atoms with Gasteiger partial charge in [-0.3, -0.25) is 4.21 Å². The summed E-state index contributed by atoms with van der Waals surface area (Å²) in [6, 6.07) is 15.5. The average molecular weight is 617 g/mol. The molecule has 10 heteroatoms. The van der Waals surface area contributed by atoms with Crippen molar-refractivity contribution in [3.8, 4) is 11.5 Å². The number of rotatable bonds is 13. The van der Waals surface area contributed by atoms with Crippen LogP contribution in [0.5, 0.6) is 11.5 Å². The van der Waals surface area contributed by atoms with Crippen LogP contribution in [0.15, 0.2) is 48.5 Å². The summed E-state index contributed by atoms with van der Waals surface area (Å²) < 4.78 is 80.4. The Morgan fingerprint density at radius 1 is 0.881 bits per heavy atom. The van der Waals surface area contributed by atoms with Crippen molar-refractivity contribution in [2.45, 2.75) is 94.7 Å². The lowest BCUT2D eigenvalue weighted by Gasteiger charge is -2.47. The van der Waals surface area contributed by atoms with Crippen LogP contribution in [0.25, 0.3) is 0 Å². The lowest BCUT2D eigenvalue weighted by Crippen LogP contribution is -2.40. The van der Waals surface area contributed by atoms with Gasteiger partial charge in [-0.2, -0.15) is 22.0 Å². The number of fused-ring (bicyclic) bond motifs is 1. The normalized spacial score (nSPS) is 27.0. The molecule has 2 aliphatic rings. The number of benzene rings is 2. The summed E-state index contributed by atoms with van der Waals surface area (Å²) in [5, 5.41) is 20.6. The first-order chi connectivity index (χ1) is 19.8. The van der Waals surface area contributed by atoms with Gasteiger partial charge in [-0.05, 0) is 110 Å². The summed E-state index contributed by atoms with van der Waals surface area (Å²) in [4.78, 5) is 0. The highest BCUT2D eigenvalue weighted by Crippen LogP contribution is 2.60. The Morgan fingerprint density at radius 2 is 1.50 bits per heavy atom. The van der Waals surface area contributed by atoms with Crippen molar-refractivity contribution in [1.82, 2.24) is 0 Å². The maximum Gasteiger partial charge on any atom is 0.453 e. The molecule has 2 fully saturated rings. The van der Waals surface area contributed by atoms with Gasteiger partial charge in [-0.25, -0.2) is 0 Å². The van der Waals surface area contributed by atoms with Gasteiger partial charge in [0, 0.05) is 28.7 Å². The number of aliphatic hydroxyl groups excluding tert-OH is 1. The molecule has 0 aliphatic heterocycles. The monoisotopic (exact) mass is 616 g/mol. The van der Waals surface area contributed by atoms with Crippen LogP contribution in [0.2, 0.25) is 0 Å². The molecule has 0 saturated heterocycles. The van der Waals surface area contributed by atoms with Crippen LogP contribution in [-0.4, -0.2) is 50.7 Å². The van der Waals surface area contributed by atoms with E-state index < -0.39 is 35.7 Å². The Balaban J connectivity index is 1.23. The SMILES string of the molecule is C[C@]12C[C@H](c3ccc(OCCCCCS(=O)CCCC(F)(F)C(F)(F)F)cc3)[C@H](c3ccc(O)cc3)C[C@@H]1CC[C@@H]2O. The molecule has 4 rings (SSSR count). The standard InChI is InChI=1S/C32H41F5O4S/c1-30-21-28(27(20-24(30)10-15-29(30)39)22-6-11-25(38)12-7-22)23-8-13-26(14-9-23)41-17-3-2-4-18-42(40)19-5-16-31(33,34)32(35,36)37/h6-9,11-14,24,27-29,38-39H,2-5,10,15-21H2,1H3/t24-,27-,28+,29-,30-,42?/m0/s1. The third-order valence-corrected chi connectivity index (χ3v) is 10.8. The molecule has 6 atom stereocenters. The summed E-state index contributed by atoms with van der Waals surface area (Å²) in [6.45, 7) is 2.67. The number of halogens is 5. The number of ether oxygens (including phenoxy) is 1. The number of phenolic OH excluding ortho intramolecular Hbond substituents is 1. The fourth-order valence-electron chi connectivity index (χ4n) is 6.75. The quantitative estimate of drug-likeness (QED) is 0.176. The molecule has 0 amide bonds. The largest absolute Gasteiger partial charge is 0.508 e. The Kier molecular flexibility index (Phi) is 10.6. The minimum Gasteiger partial charge on any atom is -0.508 e. The molecular formula is C32H41F5O4S. The lowest BCUT2D eigenvalue weighted by molar-refractivity contribution is -0.284. The van der Waals surface area contributed by atoms with Crippen molar-refractivity contribution >= 4 is 10.8 Å². The molecule has 0 aromatic heterocycles. The number of aliphatic hydroxyl groups is 1. The van der Waals surface area contributed by atoms with E-state index in [0.717, 1.165) is 31.4 Å². The van der Waals surface area contributed by atoms with Gasteiger partial charge in [0.15, 0.2) is 0 Å². The van der Waals surface area contributed by atoms with Gasteiger partial charge in [0.05, 0.1) is 12.7 Å². The summed E-state index contributed by atoms with van der Waals surface area (Å²) in [5.41, 5.74) is 2.27. The highest BCUT2D eigenvalue weighted by molar-refractivity contribution is 7.84. The van der Waals surface area contributed by atoms with Gasteiger partial charge < -0.3 is 14.9 Å². The molecule has 2 aromatic carbocycles. The van der Waals surface area contributed by atoms with E-state index in [1.807, 2.05) is 24.3 Å². The molecule has 0 heterocycles. The van der Waals surface area contributed by atoms with Crippen LogP contribution in [0.4, 0.5) is 22.0 Å². The zero-order valence-corrected chi connectivity index (χ0v) is 24.7. The average Bonchev–Trinajstić information content (AvgIpc) is 3.23. The topological polar surface area (TPSA) is 66.8 Å². The second-order valence-corrected chi connectivity index (χ2v) is 13.9. The van der Waals surface area contributed by atoms with Crippen LogP contribution in [0.3, 0.4) is 0 Å². The first-order valence-electron chi connectivity index (χ1n) is 14.8. The maximum atomic E-state index is 13.0. The van der Waals surface area contributed by atoms with E-state index in [1.165, 1.54) is 11.1 Å². The number of hydrogen-bond donors (Lipinski definition) is 2. The number of unbranched alkanes of at least 4 members (excludes halogenated alkanes) is 2. The van der Waals surface area contributed by atoms with E-state index in [9.17, 15) is 36.4 Å². The summed E-state index contributed by atoms with van der Waals surface area (Å²) >= 11 is 0. The Hall–Kier alpha value is -2.20. The summed E-state index contributed by atoms with van der Waals surface area (Å²) in [6.07, 6.45) is -1.91. The molecule has 234 valence electrons. The van der Waals surface area contributed by atoms with Crippen molar-refractivity contribution in [3.63, 3.8) is 0 Å². The summed E-state index contributed by atoms with van der Waals surface area (Å²) in [7, 11) is -1.42.